The maximum absolute atomic E-state index is 5.34. The minimum atomic E-state index is 0.539. The Bertz CT molecular complexity index is 804. The molecule has 0 fully saturated rings. The number of aryl methyl sites for hydroxylation is 1. The molecule has 24 heavy (non-hydrogen) atoms. The molecule has 0 unspecified atom stereocenters. The van der Waals surface area contributed by atoms with Crippen LogP contribution in [0.25, 0.3) is 5.65 Å². The van der Waals surface area contributed by atoms with E-state index in [1.165, 1.54) is 5.69 Å². The van der Waals surface area contributed by atoms with Gasteiger partial charge in [0.1, 0.15) is 11.4 Å². The second-order valence-electron chi connectivity index (χ2n) is 5.58. The summed E-state index contributed by atoms with van der Waals surface area (Å²) in [6.07, 6.45) is 4.56. The number of hydrogen-bond donors (Lipinski definition) is 2. The highest BCUT2D eigenvalue weighted by Gasteiger charge is 2.04. The van der Waals surface area contributed by atoms with E-state index < -0.39 is 0 Å². The van der Waals surface area contributed by atoms with Crippen molar-refractivity contribution in [3.8, 4) is 0 Å². The zero-order chi connectivity index (χ0) is 16.8. The van der Waals surface area contributed by atoms with Crippen LogP contribution in [0.1, 0.15) is 24.1 Å². The smallest absolute Gasteiger partial charge is 0.191 e. The molecule has 0 aliphatic rings. The third kappa shape index (κ3) is 3.95. The summed E-state index contributed by atoms with van der Waals surface area (Å²) in [4.78, 5) is 9.23. The average Bonchev–Trinajstić information content (AvgIpc) is 3.22. The molecule has 0 bridgehead atoms. The van der Waals surface area contributed by atoms with Crippen molar-refractivity contribution in [3.63, 3.8) is 0 Å². The molecule has 0 aliphatic carbocycles. The van der Waals surface area contributed by atoms with Gasteiger partial charge in [0, 0.05) is 31.4 Å². The van der Waals surface area contributed by atoms with Crippen molar-refractivity contribution in [2.24, 2.45) is 4.99 Å². The van der Waals surface area contributed by atoms with Crippen LogP contribution in [-0.2, 0) is 13.0 Å². The number of imidazole rings is 1. The molecule has 0 spiro atoms. The number of rotatable bonds is 6. The Hall–Kier alpha value is -2.76. The van der Waals surface area contributed by atoms with Gasteiger partial charge in [0.2, 0.25) is 0 Å². The zero-order valence-corrected chi connectivity index (χ0v) is 14.1. The number of aromatic nitrogens is 2. The van der Waals surface area contributed by atoms with Crippen LogP contribution >= 0.6 is 0 Å². The monoisotopic (exact) mass is 325 g/mol. The molecule has 0 radical (unpaired) electrons. The number of aliphatic imine (C=N–C) groups is 1. The molecule has 0 atom stereocenters. The summed E-state index contributed by atoms with van der Waals surface area (Å²) in [5, 5.41) is 6.57. The Morgan fingerprint density at radius 1 is 1.25 bits per heavy atom. The topological polar surface area (TPSA) is 66.9 Å². The van der Waals surface area contributed by atoms with Gasteiger partial charge in [-0.3, -0.25) is 0 Å². The van der Waals surface area contributed by atoms with Crippen molar-refractivity contribution in [1.29, 1.82) is 0 Å². The molecule has 3 aromatic heterocycles. The summed E-state index contributed by atoms with van der Waals surface area (Å²) in [7, 11) is 0. The number of hydrogen-bond acceptors (Lipinski definition) is 3. The molecule has 0 saturated heterocycles. The fraction of sp³-hybridized carbons (Fsp3) is 0.333. The van der Waals surface area contributed by atoms with Crippen LogP contribution in [0.15, 0.2) is 52.2 Å². The standard InChI is InChI=1S/C18H23N5O/c1-3-19-18(20-10-9-16-7-5-11-24-16)21-12-15-13-23-14(2)6-4-8-17(23)22-15/h4-8,11,13H,3,9-10,12H2,1-2H3,(H2,19,20,21). The van der Waals surface area contributed by atoms with Crippen LogP contribution in [0.3, 0.4) is 0 Å². The van der Waals surface area contributed by atoms with Gasteiger partial charge in [0.15, 0.2) is 5.96 Å². The van der Waals surface area contributed by atoms with Crippen LogP contribution in [0.2, 0.25) is 0 Å². The van der Waals surface area contributed by atoms with Gasteiger partial charge in [-0.15, -0.1) is 0 Å². The molecule has 0 amide bonds. The Morgan fingerprint density at radius 2 is 2.17 bits per heavy atom. The minimum absolute atomic E-state index is 0.539. The van der Waals surface area contributed by atoms with Gasteiger partial charge in [0.25, 0.3) is 0 Å². The lowest BCUT2D eigenvalue weighted by atomic mass is 10.3. The summed E-state index contributed by atoms with van der Waals surface area (Å²) in [5.41, 5.74) is 3.07. The Balaban J connectivity index is 1.62. The summed E-state index contributed by atoms with van der Waals surface area (Å²) < 4.78 is 7.42. The van der Waals surface area contributed by atoms with Crippen molar-refractivity contribution in [2.45, 2.75) is 26.8 Å². The minimum Gasteiger partial charge on any atom is -0.469 e. The highest BCUT2D eigenvalue weighted by molar-refractivity contribution is 5.79. The SMILES string of the molecule is CCNC(=NCc1cn2c(C)cccc2n1)NCCc1ccco1. The maximum atomic E-state index is 5.34. The molecule has 3 heterocycles. The predicted octanol–water partition coefficient (Wildman–Crippen LogP) is 2.53. The Morgan fingerprint density at radius 3 is 2.92 bits per heavy atom. The number of fused-ring (bicyclic) bond motifs is 1. The van der Waals surface area contributed by atoms with Crippen LogP contribution < -0.4 is 10.6 Å². The van der Waals surface area contributed by atoms with Crippen LogP contribution in [0, 0.1) is 6.92 Å². The molecule has 0 aliphatic heterocycles. The lowest BCUT2D eigenvalue weighted by molar-refractivity contribution is 0.507. The van der Waals surface area contributed by atoms with E-state index in [4.69, 9.17) is 4.42 Å². The van der Waals surface area contributed by atoms with E-state index in [1.807, 2.05) is 30.5 Å². The fourth-order valence-corrected chi connectivity index (χ4v) is 2.54. The van der Waals surface area contributed by atoms with E-state index in [-0.39, 0.29) is 0 Å². The molecule has 2 N–H and O–H groups in total. The number of nitrogens with zero attached hydrogens (tertiary/aromatic N) is 3. The highest BCUT2D eigenvalue weighted by Crippen LogP contribution is 2.09. The number of pyridine rings is 1. The van der Waals surface area contributed by atoms with Gasteiger partial charge in [-0.2, -0.15) is 0 Å². The van der Waals surface area contributed by atoms with Crippen molar-refractivity contribution >= 4 is 11.6 Å². The van der Waals surface area contributed by atoms with Crippen molar-refractivity contribution < 1.29 is 4.42 Å². The Labute approximate surface area is 141 Å². The van der Waals surface area contributed by atoms with Gasteiger partial charge in [-0.25, -0.2) is 9.98 Å². The number of furan rings is 1. The van der Waals surface area contributed by atoms with E-state index in [2.05, 4.69) is 44.9 Å². The summed E-state index contributed by atoms with van der Waals surface area (Å²) in [6.45, 7) is 6.25. The van der Waals surface area contributed by atoms with Gasteiger partial charge in [0.05, 0.1) is 18.5 Å². The van der Waals surface area contributed by atoms with E-state index >= 15 is 0 Å². The molecule has 3 aromatic rings. The molecule has 0 saturated carbocycles. The molecular formula is C18H23N5O. The van der Waals surface area contributed by atoms with E-state index in [1.54, 1.807) is 6.26 Å². The molecule has 0 aromatic carbocycles. The van der Waals surface area contributed by atoms with Gasteiger partial charge >= 0.3 is 0 Å². The van der Waals surface area contributed by atoms with Gasteiger partial charge < -0.3 is 19.5 Å². The third-order valence-electron chi connectivity index (χ3n) is 3.73. The summed E-state index contributed by atoms with van der Waals surface area (Å²) in [6, 6.07) is 9.98. The predicted molar refractivity (Wildman–Crippen MR) is 95.2 cm³/mol. The van der Waals surface area contributed by atoms with Gasteiger partial charge in [-0.05, 0) is 38.1 Å². The molecule has 6 nitrogen and oxygen atoms in total. The zero-order valence-electron chi connectivity index (χ0n) is 14.1. The first-order valence-corrected chi connectivity index (χ1v) is 8.24. The first kappa shape index (κ1) is 16.1. The second kappa shape index (κ2) is 7.68. The molecule has 126 valence electrons. The fourth-order valence-electron chi connectivity index (χ4n) is 2.54. The van der Waals surface area contributed by atoms with Crippen LogP contribution in [0.5, 0.6) is 0 Å². The third-order valence-corrected chi connectivity index (χ3v) is 3.73. The van der Waals surface area contributed by atoms with E-state index in [0.717, 1.165) is 42.6 Å². The van der Waals surface area contributed by atoms with E-state index in [0.29, 0.717) is 6.54 Å². The van der Waals surface area contributed by atoms with Crippen LogP contribution in [0.4, 0.5) is 0 Å². The largest absolute Gasteiger partial charge is 0.469 e. The lowest BCUT2D eigenvalue weighted by Gasteiger charge is -2.10. The normalized spacial score (nSPS) is 11.8. The van der Waals surface area contributed by atoms with Crippen molar-refractivity contribution in [3.05, 3.63) is 59.9 Å². The highest BCUT2D eigenvalue weighted by atomic mass is 16.3. The summed E-state index contributed by atoms with van der Waals surface area (Å²) >= 11 is 0. The quantitative estimate of drug-likeness (QED) is 0.540. The first-order valence-electron chi connectivity index (χ1n) is 8.24. The number of guanidine groups is 1. The van der Waals surface area contributed by atoms with Crippen molar-refractivity contribution in [1.82, 2.24) is 20.0 Å². The molecule has 6 heteroatoms. The van der Waals surface area contributed by atoms with Crippen molar-refractivity contribution in [2.75, 3.05) is 13.1 Å². The number of nitrogens with one attached hydrogen (secondary N) is 2. The maximum Gasteiger partial charge on any atom is 0.191 e. The first-order chi connectivity index (χ1) is 11.8. The second-order valence-corrected chi connectivity index (χ2v) is 5.58. The van der Waals surface area contributed by atoms with Gasteiger partial charge in [-0.1, -0.05) is 6.07 Å². The molecule has 3 rings (SSSR count). The molecular weight excluding hydrogens is 302 g/mol. The van der Waals surface area contributed by atoms with E-state index in [9.17, 15) is 0 Å². The average molecular weight is 325 g/mol. The lowest BCUT2D eigenvalue weighted by Crippen LogP contribution is -2.38. The van der Waals surface area contributed by atoms with Crippen LogP contribution in [-0.4, -0.2) is 28.4 Å². The Kier molecular flexibility index (Phi) is 5.15. The summed E-state index contributed by atoms with van der Waals surface area (Å²) in [5.74, 6) is 1.76.